The molecule has 1 unspecified atom stereocenters. The van der Waals surface area contributed by atoms with Crippen molar-refractivity contribution in [1.82, 2.24) is 34.5 Å². The average Bonchev–Trinajstić information content (AvgIpc) is 3.62. The van der Waals surface area contributed by atoms with Crippen molar-refractivity contribution in [3.63, 3.8) is 0 Å². The number of imidazole rings is 1. The number of carbonyl (C=O) groups excluding carboxylic acids is 4. The van der Waals surface area contributed by atoms with Crippen molar-refractivity contribution in [2.24, 2.45) is 7.05 Å². The molecule has 14 nitrogen and oxygen atoms in total. The van der Waals surface area contributed by atoms with Crippen LogP contribution >= 0.6 is 23.2 Å². The summed E-state index contributed by atoms with van der Waals surface area (Å²) in [7, 11) is 8.81. The average molecular weight is 945 g/mol. The number of carbonyl (C=O) groups is 4. The minimum atomic E-state index is -4.83. The molecule has 6 rings (SSSR count). The van der Waals surface area contributed by atoms with Crippen molar-refractivity contribution in [2.75, 3.05) is 54.6 Å². The molecule has 2 fully saturated rings. The molecule has 0 aliphatic carbocycles. The zero-order valence-corrected chi connectivity index (χ0v) is 38.7. The molecule has 0 spiro atoms. The standard InChI is InChI=1S/C46H54Cl2F3N7O7/c1-29-42(60)53-36(26-63-6)43(61)56(5)45(22-30-8-13-33(47)14-9-30)18-7-19-57(27-45)44(62)39(64-28-46(49,50)51)21-41(59)58(29)24-32-10-15-34(48)20-38(32)65-35-16-11-31(12-17-35)37-23-52-40(55(37)4)25-54(2)3/h8-17,20,23,29,36,39H,7,18-19,21-22,24-28H2,1-6H3,(H,53,60)/t29-,36-,39?,45+/m0/s1. The van der Waals surface area contributed by atoms with E-state index in [-0.39, 0.29) is 38.4 Å². The summed E-state index contributed by atoms with van der Waals surface area (Å²) in [6.45, 7) is -0.250. The third-order valence-electron chi connectivity index (χ3n) is 11.8. The third-order valence-corrected chi connectivity index (χ3v) is 12.3. The summed E-state index contributed by atoms with van der Waals surface area (Å²) in [6.07, 6.45) is -4.76. The molecule has 2 aliphatic rings. The lowest BCUT2D eigenvalue weighted by molar-refractivity contribution is -0.193. The Morgan fingerprint density at radius 3 is 2.31 bits per heavy atom. The van der Waals surface area contributed by atoms with E-state index >= 15 is 0 Å². The van der Waals surface area contributed by atoms with Gasteiger partial charge in [0.15, 0.2) is 0 Å². The minimum Gasteiger partial charge on any atom is -0.457 e. The van der Waals surface area contributed by atoms with Gasteiger partial charge in [-0.1, -0.05) is 41.4 Å². The number of benzene rings is 3. The molecule has 2 saturated heterocycles. The van der Waals surface area contributed by atoms with E-state index in [1.54, 1.807) is 61.8 Å². The van der Waals surface area contributed by atoms with Crippen molar-refractivity contribution < 1.29 is 46.6 Å². The normalized spacial score (nSPS) is 21.5. The second-order valence-electron chi connectivity index (χ2n) is 16.9. The molecule has 3 aromatic carbocycles. The molecular formula is C46H54Cl2F3N7O7. The number of aromatic nitrogens is 2. The lowest BCUT2D eigenvalue weighted by Gasteiger charge is -2.50. The molecule has 1 aromatic heterocycles. The van der Waals surface area contributed by atoms with Crippen LogP contribution in [0.15, 0.2) is 72.9 Å². The second-order valence-corrected chi connectivity index (χ2v) is 17.7. The number of fused-ring (bicyclic) bond motifs is 2. The smallest absolute Gasteiger partial charge is 0.411 e. The predicted octanol–water partition coefficient (Wildman–Crippen LogP) is 6.51. The Kier molecular flexibility index (Phi) is 15.9. The number of amides is 4. The maximum Gasteiger partial charge on any atom is 0.411 e. The van der Waals surface area contributed by atoms with Crippen LogP contribution in [0.25, 0.3) is 11.3 Å². The number of halogens is 5. The van der Waals surface area contributed by atoms with Gasteiger partial charge in [0.2, 0.25) is 17.7 Å². The quantitative estimate of drug-likeness (QED) is 0.159. The molecule has 4 atom stereocenters. The van der Waals surface area contributed by atoms with Crippen LogP contribution in [0.4, 0.5) is 13.2 Å². The fraction of sp³-hybridized carbons (Fsp3) is 0.457. The summed E-state index contributed by atoms with van der Waals surface area (Å²) in [5.41, 5.74) is 1.83. The molecule has 65 heavy (non-hydrogen) atoms. The van der Waals surface area contributed by atoms with Crippen LogP contribution in [-0.2, 0) is 55.2 Å². The highest BCUT2D eigenvalue weighted by atomic mass is 35.5. The number of hydrogen-bond donors (Lipinski definition) is 1. The van der Waals surface area contributed by atoms with Crippen LogP contribution < -0.4 is 10.1 Å². The highest BCUT2D eigenvalue weighted by Crippen LogP contribution is 2.35. The van der Waals surface area contributed by atoms with Gasteiger partial charge in [-0.05, 0) is 94.4 Å². The van der Waals surface area contributed by atoms with E-state index in [1.807, 2.05) is 42.7 Å². The van der Waals surface area contributed by atoms with E-state index < -0.39 is 66.6 Å². The number of hydrogen-bond acceptors (Lipinski definition) is 9. The van der Waals surface area contributed by atoms with Crippen LogP contribution in [-0.4, -0.2) is 137 Å². The van der Waals surface area contributed by atoms with E-state index in [2.05, 4.69) is 10.3 Å². The van der Waals surface area contributed by atoms with E-state index in [0.29, 0.717) is 40.7 Å². The monoisotopic (exact) mass is 943 g/mol. The highest BCUT2D eigenvalue weighted by molar-refractivity contribution is 6.31. The van der Waals surface area contributed by atoms with Gasteiger partial charge < -0.3 is 43.7 Å². The number of piperidine rings is 1. The maximum atomic E-state index is 14.6. The van der Waals surface area contributed by atoms with Gasteiger partial charge in [0, 0.05) is 55.5 Å². The number of nitrogens with one attached hydrogen (secondary N) is 1. The van der Waals surface area contributed by atoms with Crippen LogP contribution in [0.5, 0.6) is 11.5 Å². The predicted molar refractivity (Wildman–Crippen MR) is 238 cm³/mol. The number of methoxy groups -OCH3 is 1. The zero-order chi connectivity index (χ0) is 47.2. The maximum absolute atomic E-state index is 14.6. The molecule has 4 aromatic rings. The number of ether oxygens (including phenoxy) is 3. The van der Waals surface area contributed by atoms with Gasteiger partial charge in [0.05, 0.1) is 43.5 Å². The summed E-state index contributed by atoms with van der Waals surface area (Å²) in [4.78, 5) is 68.4. The van der Waals surface area contributed by atoms with Gasteiger partial charge in [0.25, 0.3) is 5.91 Å². The molecule has 0 saturated carbocycles. The molecular weight excluding hydrogens is 890 g/mol. The number of likely N-dealkylation sites (N-methyl/N-ethyl adjacent to an activating group) is 1. The first-order valence-corrected chi connectivity index (χ1v) is 21.8. The molecule has 2 bridgehead atoms. The fourth-order valence-electron chi connectivity index (χ4n) is 8.30. The Morgan fingerprint density at radius 1 is 0.954 bits per heavy atom. The molecule has 4 amide bonds. The second kappa shape index (κ2) is 21.0. The third kappa shape index (κ3) is 12.2. The van der Waals surface area contributed by atoms with Gasteiger partial charge >= 0.3 is 6.18 Å². The largest absolute Gasteiger partial charge is 0.457 e. The first-order valence-electron chi connectivity index (χ1n) is 21.1. The molecule has 1 N–H and O–H groups in total. The topological polar surface area (TPSA) is 139 Å². The Balaban J connectivity index is 1.35. The van der Waals surface area contributed by atoms with Crippen molar-refractivity contribution in [3.8, 4) is 22.8 Å². The Hall–Kier alpha value is -5.20. The lowest BCUT2D eigenvalue weighted by Crippen LogP contribution is -2.66. The summed E-state index contributed by atoms with van der Waals surface area (Å²) in [5.74, 6) is -1.50. The summed E-state index contributed by atoms with van der Waals surface area (Å²) in [5, 5.41) is 3.56. The minimum absolute atomic E-state index is 0.101. The van der Waals surface area contributed by atoms with Gasteiger partial charge in [-0.3, -0.25) is 19.2 Å². The van der Waals surface area contributed by atoms with Crippen molar-refractivity contribution >= 4 is 46.8 Å². The number of nitrogens with zero attached hydrogens (tertiary/aromatic N) is 6. The Bertz CT molecular complexity index is 2330. The van der Waals surface area contributed by atoms with Gasteiger partial charge in [-0.25, -0.2) is 4.98 Å². The number of alkyl halides is 3. The van der Waals surface area contributed by atoms with Crippen molar-refractivity contribution in [1.29, 1.82) is 0 Å². The van der Waals surface area contributed by atoms with E-state index in [0.717, 1.165) is 27.5 Å². The van der Waals surface area contributed by atoms with E-state index in [4.69, 9.17) is 37.4 Å². The molecule has 350 valence electrons. The van der Waals surface area contributed by atoms with Crippen LogP contribution in [0.3, 0.4) is 0 Å². The van der Waals surface area contributed by atoms with Gasteiger partial charge in [-0.15, -0.1) is 0 Å². The first-order chi connectivity index (χ1) is 30.8. The molecule has 2 aliphatic heterocycles. The number of rotatable bonds is 13. The van der Waals surface area contributed by atoms with E-state index in [9.17, 15) is 32.3 Å². The molecule has 19 heteroatoms. The Labute approximate surface area is 386 Å². The van der Waals surface area contributed by atoms with Gasteiger partial charge in [-0.2, -0.15) is 13.2 Å². The summed E-state index contributed by atoms with van der Waals surface area (Å²) in [6, 6.07) is 16.3. The highest BCUT2D eigenvalue weighted by Gasteiger charge is 2.47. The van der Waals surface area contributed by atoms with Crippen LogP contribution in [0, 0.1) is 0 Å². The van der Waals surface area contributed by atoms with Crippen LogP contribution in [0.2, 0.25) is 10.0 Å². The molecule has 3 heterocycles. The Morgan fingerprint density at radius 2 is 1.65 bits per heavy atom. The lowest BCUT2D eigenvalue weighted by atomic mass is 9.81. The van der Waals surface area contributed by atoms with Crippen molar-refractivity contribution in [2.45, 2.75) is 75.6 Å². The summed E-state index contributed by atoms with van der Waals surface area (Å²) >= 11 is 12.6. The fourth-order valence-corrected chi connectivity index (χ4v) is 8.59. The van der Waals surface area contributed by atoms with Crippen molar-refractivity contribution in [3.05, 3.63) is 99.9 Å². The first kappa shape index (κ1) is 49.2. The van der Waals surface area contributed by atoms with E-state index in [1.165, 1.54) is 29.9 Å². The summed E-state index contributed by atoms with van der Waals surface area (Å²) < 4.78 is 60.3. The zero-order valence-electron chi connectivity index (χ0n) is 37.2. The molecule has 0 radical (unpaired) electrons. The van der Waals surface area contributed by atoms with Crippen LogP contribution in [0.1, 0.15) is 43.1 Å². The van der Waals surface area contributed by atoms with Gasteiger partial charge in [0.1, 0.15) is 42.1 Å². The SMILES string of the molecule is COC[C@@H]1NC(=O)[C@H](C)N(Cc2ccc(Cl)cc2Oc2ccc(-c3cnc(CN(C)C)n3C)cc2)C(=O)CC(OCC(F)(F)F)C(=O)N2CCC[C@@](Cc3ccc(Cl)cc3)(C2)N(C)C1=O.